The largest absolute Gasteiger partial charge is 0.493 e. The summed E-state index contributed by atoms with van der Waals surface area (Å²) >= 11 is 0. The second kappa shape index (κ2) is 10.7. The van der Waals surface area contributed by atoms with Gasteiger partial charge in [-0.15, -0.1) is 31.4 Å². The minimum atomic E-state index is 0. The molecule has 22 heavy (non-hydrogen) atoms. The van der Waals surface area contributed by atoms with Crippen molar-refractivity contribution in [2.24, 2.45) is 0 Å². The minimum Gasteiger partial charge on any atom is -0.493 e. The molecule has 1 fully saturated rings. The molecule has 1 aromatic rings. The van der Waals surface area contributed by atoms with Crippen LogP contribution in [0.2, 0.25) is 0 Å². The number of piperazine rings is 1. The van der Waals surface area contributed by atoms with E-state index >= 15 is 0 Å². The number of benzene rings is 1. The summed E-state index contributed by atoms with van der Waals surface area (Å²) in [5.74, 6) is 1.58. The van der Waals surface area contributed by atoms with Gasteiger partial charge in [0.15, 0.2) is 11.5 Å². The third kappa shape index (κ3) is 5.06. The number of halogens is 2. The molecule has 6 heteroatoms. The van der Waals surface area contributed by atoms with Gasteiger partial charge in [0.2, 0.25) is 0 Å². The molecule has 1 aromatic carbocycles. The lowest BCUT2D eigenvalue weighted by Gasteiger charge is -2.33. The summed E-state index contributed by atoms with van der Waals surface area (Å²) in [5, 5.41) is 3.37. The fourth-order valence-corrected chi connectivity index (χ4v) is 2.60. The predicted molar refractivity (Wildman–Crippen MR) is 96.0 cm³/mol. The molecule has 1 saturated heterocycles. The summed E-state index contributed by atoms with van der Waals surface area (Å²) in [6, 6.07) is 6.36. The Morgan fingerprint density at radius 3 is 2.50 bits per heavy atom. The molecule has 0 amide bonds. The van der Waals surface area contributed by atoms with Crippen LogP contribution in [-0.2, 0) is 0 Å². The van der Waals surface area contributed by atoms with Gasteiger partial charge in [-0.25, -0.2) is 0 Å². The second-order valence-electron chi connectivity index (χ2n) is 4.81. The molecular weight excluding hydrogens is 323 g/mol. The van der Waals surface area contributed by atoms with E-state index < -0.39 is 0 Å². The van der Waals surface area contributed by atoms with Crippen LogP contribution in [0.25, 0.3) is 0 Å². The normalized spacial score (nSPS) is 15.9. The zero-order valence-corrected chi connectivity index (χ0v) is 14.8. The summed E-state index contributed by atoms with van der Waals surface area (Å²) in [4.78, 5) is 2.43. The molecule has 0 aromatic heterocycles. The number of rotatable bonds is 6. The molecular formula is C16H26Cl2N2O2. The standard InChI is InChI=1S/C16H24N2O2.2ClH/c1-4-14(18-10-8-17-9-11-18)13-6-7-15(20-5-2)16(12-13)19-3;;/h4,6-7,12,14,17H,1,5,8-11H2,2-3H3;2*1H/t14-;;/m0../s1. The Hall–Kier alpha value is -0.940. The molecule has 0 radical (unpaired) electrons. The summed E-state index contributed by atoms with van der Waals surface area (Å²) in [6.45, 7) is 10.7. The maximum Gasteiger partial charge on any atom is 0.161 e. The number of nitrogens with one attached hydrogen (secondary N) is 1. The van der Waals surface area contributed by atoms with Crippen molar-refractivity contribution in [3.8, 4) is 11.5 Å². The minimum absolute atomic E-state index is 0. The maximum atomic E-state index is 5.57. The van der Waals surface area contributed by atoms with Gasteiger partial charge < -0.3 is 14.8 Å². The predicted octanol–water partition coefficient (Wildman–Crippen LogP) is 3.07. The van der Waals surface area contributed by atoms with Crippen molar-refractivity contribution in [1.82, 2.24) is 10.2 Å². The first-order valence-electron chi connectivity index (χ1n) is 7.18. The summed E-state index contributed by atoms with van der Waals surface area (Å²) < 4.78 is 11.0. The summed E-state index contributed by atoms with van der Waals surface area (Å²) in [7, 11) is 1.68. The highest BCUT2D eigenvalue weighted by Gasteiger charge is 2.20. The monoisotopic (exact) mass is 348 g/mol. The van der Waals surface area contributed by atoms with Gasteiger partial charge in [0.05, 0.1) is 19.8 Å². The van der Waals surface area contributed by atoms with Gasteiger partial charge in [-0.1, -0.05) is 12.1 Å². The molecule has 1 atom stereocenters. The lowest BCUT2D eigenvalue weighted by molar-refractivity contribution is 0.203. The molecule has 0 unspecified atom stereocenters. The van der Waals surface area contributed by atoms with E-state index in [4.69, 9.17) is 9.47 Å². The molecule has 2 rings (SSSR count). The van der Waals surface area contributed by atoms with Crippen LogP contribution >= 0.6 is 24.8 Å². The van der Waals surface area contributed by atoms with Gasteiger partial charge >= 0.3 is 0 Å². The van der Waals surface area contributed by atoms with Gasteiger partial charge in [0, 0.05) is 26.2 Å². The topological polar surface area (TPSA) is 33.7 Å². The maximum absolute atomic E-state index is 5.57. The third-order valence-electron chi connectivity index (χ3n) is 3.60. The number of ether oxygens (including phenoxy) is 2. The first-order chi connectivity index (χ1) is 9.80. The highest BCUT2D eigenvalue weighted by Crippen LogP contribution is 2.32. The van der Waals surface area contributed by atoms with E-state index in [1.54, 1.807) is 7.11 Å². The molecule has 1 heterocycles. The van der Waals surface area contributed by atoms with Crippen LogP contribution < -0.4 is 14.8 Å². The van der Waals surface area contributed by atoms with Crippen LogP contribution in [-0.4, -0.2) is 44.8 Å². The molecule has 1 aliphatic heterocycles. The van der Waals surface area contributed by atoms with Gasteiger partial charge in [-0.05, 0) is 24.6 Å². The summed E-state index contributed by atoms with van der Waals surface area (Å²) in [6.07, 6.45) is 2.00. The Morgan fingerprint density at radius 1 is 1.27 bits per heavy atom. The molecule has 1 N–H and O–H groups in total. The van der Waals surface area contributed by atoms with E-state index in [1.165, 1.54) is 5.56 Å². The zero-order chi connectivity index (χ0) is 14.4. The van der Waals surface area contributed by atoms with Crippen LogP contribution in [0.4, 0.5) is 0 Å². The first kappa shape index (κ1) is 21.1. The Labute approximate surface area is 145 Å². The van der Waals surface area contributed by atoms with Gasteiger partial charge in [-0.3, -0.25) is 4.90 Å². The van der Waals surface area contributed by atoms with Crippen molar-refractivity contribution >= 4 is 24.8 Å². The van der Waals surface area contributed by atoms with Crippen LogP contribution in [0.15, 0.2) is 30.9 Å². The van der Waals surface area contributed by atoms with Crippen molar-refractivity contribution < 1.29 is 9.47 Å². The van der Waals surface area contributed by atoms with Crippen molar-refractivity contribution in [2.45, 2.75) is 13.0 Å². The Kier molecular flexibility index (Phi) is 10.3. The Balaban J connectivity index is 0.00000220. The lowest BCUT2D eigenvalue weighted by Crippen LogP contribution is -2.44. The average Bonchev–Trinajstić information content (AvgIpc) is 2.50. The zero-order valence-electron chi connectivity index (χ0n) is 13.2. The fraction of sp³-hybridized carbons (Fsp3) is 0.500. The third-order valence-corrected chi connectivity index (χ3v) is 3.60. The van der Waals surface area contributed by atoms with Crippen LogP contribution in [0, 0.1) is 0 Å². The quantitative estimate of drug-likeness (QED) is 0.801. The first-order valence-corrected chi connectivity index (χ1v) is 7.18. The highest BCUT2D eigenvalue weighted by atomic mass is 35.5. The van der Waals surface area contributed by atoms with Crippen molar-refractivity contribution in [3.63, 3.8) is 0 Å². The van der Waals surface area contributed by atoms with E-state index in [1.807, 2.05) is 19.1 Å². The van der Waals surface area contributed by atoms with Crippen molar-refractivity contribution in [1.29, 1.82) is 0 Å². The highest BCUT2D eigenvalue weighted by molar-refractivity contribution is 5.85. The molecule has 0 saturated carbocycles. The Morgan fingerprint density at radius 2 is 1.95 bits per heavy atom. The number of methoxy groups -OCH3 is 1. The molecule has 126 valence electrons. The molecule has 0 aliphatic carbocycles. The van der Waals surface area contributed by atoms with Gasteiger partial charge in [-0.2, -0.15) is 0 Å². The van der Waals surface area contributed by atoms with E-state index in [2.05, 4.69) is 28.9 Å². The van der Waals surface area contributed by atoms with Crippen molar-refractivity contribution in [2.75, 3.05) is 39.9 Å². The van der Waals surface area contributed by atoms with Crippen LogP contribution in [0.3, 0.4) is 0 Å². The molecule has 0 spiro atoms. The van der Waals surface area contributed by atoms with E-state index in [0.717, 1.165) is 37.7 Å². The van der Waals surface area contributed by atoms with Crippen LogP contribution in [0.5, 0.6) is 11.5 Å². The lowest BCUT2D eigenvalue weighted by atomic mass is 10.0. The van der Waals surface area contributed by atoms with Crippen LogP contribution in [0.1, 0.15) is 18.5 Å². The average molecular weight is 349 g/mol. The Bertz CT molecular complexity index is 452. The molecule has 4 nitrogen and oxygen atoms in total. The second-order valence-corrected chi connectivity index (χ2v) is 4.81. The van der Waals surface area contributed by atoms with Gasteiger partial charge in [0.1, 0.15) is 0 Å². The summed E-state index contributed by atoms with van der Waals surface area (Å²) in [5.41, 5.74) is 1.20. The SMILES string of the molecule is C=C[C@@H](c1ccc(OCC)c(OC)c1)N1CCNCC1.Cl.Cl. The fourth-order valence-electron chi connectivity index (χ4n) is 2.60. The van der Waals surface area contributed by atoms with E-state index in [0.29, 0.717) is 6.61 Å². The van der Waals surface area contributed by atoms with Crippen molar-refractivity contribution in [3.05, 3.63) is 36.4 Å². The number of nitrogens with zero attached hydrogens (tertiary/aromatic N) is 1. The molecule has 0 bridgehead atoms. The smallest absolute Gasteiger partial charge is 0.161 e. The number of hydrogen-bond acceptors (Lipinski definition) is 4. The number of hydrogen-bond donors (Lipinski definition) is 1. The van der Waals surface area contributed by atoms with Gasteiger partial charge in [0.25, 0.3) is 0 Å². The van der Waals surface area contributed by atoms with E-state index in [9.17, 15) is 0 Å². The van der Waals surface area contributed by atoms with E-state index in [-0.39, 0.29) is 30.9 Å². The molecule has 1 aliphatic rings.